The summed E-state index contributed by atoms with van der Waals surface area (Å²) in [7, 11) is 0. The average molecular weight is 359 g/mol. The topological polar surface area (TPSA) is 24.9 Å². The van der Waals surface area contributed by atoms with Gasteiger partial charge in [0.2, 0.25) is 6.79 Å². The Balaban J connectivity index is 1.36. The molecule has 4 rings (SSSR count). The molecule has 0 bridgehead atoms. The van der Waals surface area contributed by atoms with Crippen LogP contribution in [0.15, 0.2) is 42.5 Å². The van der Waals surface area contributed by atoms with Crippen LogP contribution in [0.3, 0.4) is 0 Å². The molecule has 2 aliphatic heterocycles. The van der Waals surface area contributed by atoms with Gasteiger partial charge in [0, 0.05) is 49.9 Å². The van der Waals surface area contributed by atoms with Crippen molar-refractivity contribution in [1.82, 2.24) is 9.80 Å². The molecular weight excluding hydrogens is 336 g/mol. The smallest absolute Gasteiger partial charge is 0.231 e. The monoisotopic (exact) mass is 358 g/mol. The van der Waals surface area contributed by atoms with Gasteiger partial charge in [-0.15, -0.1) is 0 Å². The Morgan fingerprint density at radius 1 is 1.00 bits per heavy atom. The summed E-state index contributed by atoms with van der Waals surface area (Å²) in [4.78, 5) is 5.00. The number of fused-ring (bicyclic) bond motifs is 1. The molecule has 4 nitrogen and oxygen atoms in total. The largest absolute Gasteiger partial charge is 0.454 e. The Kier molecular flexibility index (Phi) is 4.84. The van der Waals surface area contributed by atoms with Gasteiger partial charge in [0.15, 0.2) is 11.5 Å². The van der Waals surface area contributed by atoms with Crippen LogP contribution in [0, 0.1) is 0 Å². The Morgan fingerprint density at radius 2 is 1.68 bits per heavy atom. The Morgan fingerprint density at radius 3 is 2.40 bits per heavy atom. The number of halogens is 1. The molecule has 2 aromatic rings. The van der Waals surface area contributed by atoms with E-state index in [4.69, 9.17) is 21.1 Å². The van der Waals surface area contributed by atoms with Crippen LogP contribution in [0.4, 0.5) is 0 Å². The highest BCUT2D eigenvalue weighted by Crippen LogP contribution is 2.37. The summed E-state index contributed by atoms with van der Waals surface area (Å²) in [6.45, 7) is 7.65. The predicted molar refractivity (Wildman–Crippen MR) is 99.3 cm³/mol. The molecule has 0 amide bonds. The van der Waals surface area contributed by atoms with Crippen LogP contribution in [-0.4, -0.2) is 42.8 Å². The van der Waals surface area contributed by atoms with Gasteiger partial charge in [-0.05, 0) is 24.1 Å². The lowest BCUT2D eigenvalue weighted by atomic mass is 10.1. The van der Waals surface area contributed by atoms with Crippen LogP contribution in [0.25, 0.3) is 0 Å². The fourth-order valence-electron chi connectivity index (χ4n) is 3.57. The SMILES string of the molecule is CC(c1ccccc1)N1CCN(Cc2cc3c(cc2Cl)OCO3)CC1. The van der Waals surface area contributed by atoms with Gasteiger partial charge in [-0.25, -0.2) is 0 Å². The third-order valence-corrected chi connectivity index (χ3v) is 5.52. The van der Waals surface area contributed by atoms with Gasteiger partial charge in [-0.2, -0.15) is 0 Å². The third-order valence-electron chi connectivity index (χ3n) is 5.17. The summed E-state index contributed by atoms with van der Waals surface area (Å²) < 4.78 is 10.9. The molecule has 1 saturated heterocycles. The van der Waals surface area contributed by atoms with E-state index >= 15 is 0 Å². The second-order valence-electron chi connectivity index (χ2n) is 6.70. The first-order valence-electron chi connectivity index (χ1n) is 8.80. The highest BCUT2D eigenvalue weighted by Gasteiger charge is 2.23. The second kappa shape index (κ2) is 7.24. The highest BCUT2D eigenvalue weighted by atomic mass is 35.5. The van der Waals surface area contributed by atoms with E-state index in [2.05, 4.69) is 47.1 Å². The van der Waals surface area contributed by atoms with Gasteiger partial charge in [0.05, 0.1) is 0 Å². The van der Waals surface area contributed by atoms with E-state index in [1.54, 1.807) is 0 Å². The molecule has 132 valence electrons. The molecule has 0 radical (unpaired) electrons. The molecule has 0 aromatic heterocycles. The lowest BCUT2D eigenvalue weighted by Gasteiger charge is -2.38. The molecule has 2 aliphatic rings. The number of nitrogens with zero attached hydrogens (tertiary/aromatic N) is 2. The molecular formula is C20H23ClN2O2. The quantitative estimate of drug-likeness (QED) is 0.826. The van der Waals surface area contributed by atoms with E-state index in [9.17, 15) is 0 Å². The molecule has 2 heterocycles. The Labute approximate surface area is 153 Å². The van der Waals surface area contributed by atoms with E-state index < -0.39 is 0 Å². The maximum atomic E-state index is 6.41. The molecule has 0 aliphatic carbocycles. The minimum atomic E-state index is 0.283. The first-order valence-corrected chi connectivity index (χ1v) is 9.18. The van der Waals surface area contributed by atoms with Crippen molar-refractivity contribution in [2.24, 2.45) is 0 Å². The van der Waals surface area contributed by atoms with Crippen LogP contribution >= 0.6 is 11.6 Å². The molecule has 1 unspecified atom stereocenters. The maximum absolute atomic E-state index is 6.41. The van der Waals surface area contributed by atoms with E-state index in [1.807, 2.05) is 12.1 Å². The molecule has 0 spiro atoms. The lowest BCUT2D eigenvalue weighted by Crippen LogP contribution is -2.46. The molecule has 0 saturated carbocycles. The summed E-state index contributed by atoms with van der Waals surface area (Å²) in [5.74, 6) is 1.55. The highest BCUT2D eigenvalue weighted by molar-refractivity contribution is 6.31. The Hall–Kier alpha value is -1.75. The molecule has 25 heavy (non-hydrogen) atoms. The number of piperazine rings is 1. The zero-order valence-corrected chi connectivity index (χ0v) is 15.2. The number of hydrogen-bond donors (Lipinski definition) is 0. The van der Waals surface area contributed by atoms with Crippen LogP contribution in [0.2, 0.25) is 5.02 Å². The number of rotatable bonds is 4. The van der Waals surface area contributed by atoms with Gasteiger partial charge in [0.1, 0.15) is 0 Å². The van der Waals surface area contributed by atoms with E-state index in [0.29, 0.717) is 6.04 Å². The predicted octanol–water partition coefficient (Wildman–Crippen LogP) is 3.95. The van der Waals surface area contributed by atoms with Gasteiger partial charge < -0.3 is 9.47 Å². The number of benzene rings is 2. The van der Waals surface area contributed by atoms with Crippen molar-refractivity contribution in [3.8, 4) is 11.5 Å². The van der Waals surface area contributed by atoms with Crippen molar-refractivity contribution in [2.75, 3.05) is 33.0 Å². The van der Waals surface area contributed by atoms with Crippen LogP contribution in [-0.2, 0) is 6.54 Å². The molecule has 1 fully saturated rings. The summed E-state index contributed by atoms with van der Waals surface area (Å²) in [6.07, 6.45) is 0. The van der Waals surface area contributed by atoms with E-state index in [0.717, 1.165) is 54.8 Å². The molecule has 2 aromatic carbocycles. The third kappa shape index (κ3) is 3.61. The Bertz CT molecular complexity index is 730. The summed E-state index contributed by atoms with van der Waals surface area (Å²) >= 11 is 6.41. The number of hydrogen-bond acceptors (Lipinski definition) is 4. The van der Waals surface area contributed by atoms with Crippen molar-refractivity contribution < 1.29 is 9.47 Å². The van der Waals surface area contributed by atoms with Crippen LogP contribution in [0.5, 0.6) is 11.5 Å². The zero-order valence-electron chi connectivity index (χ0n) is 14.5. The van der Waals surface area contributed by atoms with Crippen molar-refractivity contribution in [1.29, 1.82) is 0 Å². The standard InChI is InChI=1S/C20H23ClN2O2/c1-15(16-5-3-2-4-6-16)23-9-7-22(8-10-23)13-17-11-19-20(12-18(17)21)25-14-24-19/h2-6,11-12,15H,7-10,13-14H2,1H3. The number of ether oxygens (including phenoxy) is 2. The van der Waals surface area contributed by atoms with Crippen molar-refractivity contribution in [3.63, 3.8) is 0 Å². The van der Waals surface area contributed by atoms with Gasteiger partial charge in [-0.3, -0.25) is 9.80 Å². The summed E-state index contributed by atoms with van der Waals surface area (Å²) in [5.41, 5.74) is 2.49. The first-order chi connectivity index (χ1) is 12.2. The zero-order chi connectivity index (χ0) is 17.2. The second-order valence-corrected chi connectivity index (χ2v) is 7.10. The fourth-order valence-corrected chi connectivity index (χ4v) is 3.79. The summed E-state index contributed by atoms with van der Waals surface area (Å²) in [5, 5.41) is 0.754. The minimum Gasteiger partial charge on any atom is -0.454 e. The lowest BCUT2D eigenvalue weighted by molar-refractivity contribution is 0.0978. The van der Waals surface area contributed by atoms with E-state index in [-0.39, 0.29) is 6.79 Å². The van der Waals surface area contributed by atoms with Crippen LogP contribution in [0.1, 0.15) is 24.1 Å². The normalized spacial score (nSPS) is 19.1. The van der Waals surface area contributed by atoms with E-state index in [1.165, 1.54) is 5.56 Å². The van der Waals surface area contributed by atoms with Crippen molar-refractivity contribution in [2.45, 2.75) is 19.5 Å². The van der Waals surface area contributed by atoms with Gasteiger partial charge >= 0.3 is 0 Å². The molecule has 5 heteroatoms. The van der Waals surface area contributed by atoms with Crippen molar-refractivity contribution in [3.05, 3.63) is 58.6 Å². The van der Waals surface area contributed by atoms with Crippen molar-refractivity contribution >= 4 is 11.6 Å². The van der Waals surface area contributed by atoms with Gasteiger partial charge in [0.25, 0.3) is 0 Å². The molecule has 0 N–H and O–H groups in total. The van der Waals surface area contributed by atoms with Gasteiger partial charge in [-0.1, -0.05) is 41.9 Å². The maximum Gasteiger partial charge on any atom is 0.231 e. The summed E-state index contributed by atoms with van der Waals surface area (Å²) in [6, 6.07) is 15.1. The fraction of sp³-hybridized carbons (Fsp3) is 0.400. The van der Waals surface area contributed by atoms with Crippen LogP contribution < -0.4 is 9.47 Å². The molecule has 1 atom stereocenters. The first kappa shape index (κ1) is 16.7. The minimum absolute atomic E-state index is 0.283. The average Bonchev–Trinajstić information content (AvgIpc) is 3.10.